The minimum absolute atomic E-state index is 0.0346. The van der Waals surface area contributed by atoms with Crippen LogP contribution in [0, 0.1) is 11.2 Å². The van der Waals surface area contributed by atoms with Gasteiger partial charge < -0.3 is 14.9 Å². The van der Waals surface area contributed by atoms with Gasteiger partial charge in [0.15, 0.2) is 5.82 Å². The lowest BCUT2D eigenvalue weighted by Crippen LogP contribution is -2.72. The van der Waals surface area contributed by atoms with Crippen molar-refractivity contribution in [3.63, 3.8) is 0 Å². The molecule has 2 saturated heterocycles. The van der Waals surface area contributed by atoms with Crippen LogP contribution < -0.4 is 4.90 Å². The van der Waals surface area contributed by atoms with E-state index in [1.807, 2.05) is 19.9 Å². The third-order valence-corrected chi connectivity index (χ3v) is 8.13. The molecule has 2 aliphatic heterocycles. The number of benzene rings is 2. The predicted molar refractivity (Wildman–Crippen MR) is 142 cm³/mol. The molecular formula is C27H27ClFN3O2S. The lowest BCUT2D eigenvalue weighted by atomic mass is 9.73. The van der Waals surface area contributed by atoms with E-state index in [9.17, 15) is 9.90 Å². The van der Waals surface area contributed by atoms with E-state index in [2.05, 4.69) is 21.9 Å². The second-order valence-corrected chi connectivity index (χ2v) is 10.4. The predicted octanol–water partition coefficient (Wildman–Crippen LogP) is 6.28. The molecule has 3 heterocycles. The summed E-state index contributed by atoms with van der Waals surface area (Å²) in [5, 5.41) is 12.1. The van der Waals surface area contributed by atoms with Crippen molar-refractivity contribution in [2.24, 2.45) is 5.41 Å². The first-order chi connectivity index (χ1) is 16.9. The fourth-order valence-corrected chi connectivity index (χ4v) is 6.53. The third-order valence-electron chi connectivity index (χ3n) is 6.91. The maximum absolute atomic E-state index is 15.8. The summed E-state index contributed by atoms with van der Waals surface area (Å²) in [6.45, 7) is 10.6. The number of nitrogens with zero attached hydrogens (tertiary/aromatic N) is 3. The van der Waals surface area contributed by atoms with Gasteiger partial charge in [-0.15, -0.1) is 0 Å². The second-order valence-electron chi connectivity index (χ2n) is 9.19. The van der Waals surface area contributed by atoms with Crippen LogP contribution in [-0.4, -0.2) is 46.5 Å². The molecule has 3 aliphatic rings. The van der Waals surface area contributed by atoms with E-state index >= 15 is 4.39 Å². The molecule has 0 bridgehead atoms. The Morgan fingerprint density at radius 2 is 2.00 bits per heavy atom. The maximum Gasteiger partial charge on any atom is 0.245 e. The summed E-state index contributed by atoms with van der Waals surface area (Å²) < 4.78 is 20.2. The number of allylic oxidation sites excluding steroid dienone is 1. The van der Waals surface area contributed by atoms with Gasteiger partial charge in [0.2, 0.25) is 5.91 Å². The molecule has 8 heteroatoms. The molecule has 0 atom stereocenters. The molecule has 0 saturated carbocycles. The van der Waals surface area contributed by atoms with Gasteiger partial charge in [0, 0.05) is 42.5 Å². The number of phenolic OH excluding ortho intramolecular Hbond substituents is 1. The van der Waals surface area contributed by atoms with Crippen LogP contribution in [0.15, 0.2) is 36.9 Å². The van der Waals surface area contributed by atoms with Gasteiger partial charge in [0.1, 0.15) is 16.3 Å². The lowest BCUT2D eigenvalue weighted by molar-refractivity contribution is -0.139. The number of rotatable bonds is 3. The number of amides is 1. The van der Waals surface area contributed by atoms with Crippen molar-refractivity contribution in [2.45, 2.75) is 26.7 Å². The van der Waals surface area contributed by atoms with Crippen LogP contribution in [0.25, 0.3) is 28.1 Å². The first-order valence-electron chi connectivity index (χ1n) is 11.9. The average molecular weight is 512 g/mol. The van der Waals surface area contributed by atoms with Crippen molar-refractivity contribution in [1.29, 1.82) is 0 Å². The van der Waals surface area contributed by atoms with E-state index in [1.165, 1.54) is 17.6 Å². The number of carbonyl (C=O) groups excluding carboxylic acids is 1. The highest BCUT2D eigenvalue weighted by Gasteiger charge is 2.53. The van der Waals surface area contributed by atoms with Gasteiger partial charge >= 0.3 is 0 Å². The number of fused-ring (bicyclic) bond motifs is 2. The zero-order valence-corrected chi connectivity index (χ0v) is 21.3. The topological polar surface area (TPSA) is 56.7 Å². The van der Waals surface area contributed by atoms with Crippen molar-refractivity contribution in [3.05, 3.63) is 58.9 Å². The monoisotopic (exact) mass is 511 g/mol. The number of aryl methyl sites for hydroxylation is 1. The minimum Gasteiger partial charge on any atom is -0.508 e. The Bertz CT molecular complexity index is 1370. The van der Waals surface area contributed by atoms with Crippen molar-refractivity contribution >= 4 is 51.0 Å². The van der Waals surface area contributed by atoms with E-state index in [1.54, 1.807) is 23.1 Å². The summed E-state index contributed by atoms with van der Waals surface area (Å²) in [6, 6.07) is 5.10. The molecule has 35 heavy (non-hydrogen) atoms. The minimum atomic E-state index is -0.464. The van der Waals surface area contributed by atoms with Crippen LogP contribution in [0.4, 0.5) is 9.39 Å². The molecule has 6 rings (SSSR count). The van der Waals surface area contributed by atoms with Crippen LogP contribution in [0.5, 0.6) is 5.75 Å². The van der Waals surface area contributed by atoms with Gasteiger partial charge in [-0.1, -0.05) is 44.2 Å². The Balaban J connectivity index is 0.00000124. The average Bonchev–Trinajstić information content (AvgIpc) is 3.22. The Kier molecular flexibility index (Phi) is 6.09. The summed E-state index contributed by atoms with van der Waals surface area (Å²) in [5.41, 5.74) is 3.13. The molecule has 0 unspecified atom stereocenters. The number of anilines is 1. The quantitative estimate of drug-likeness (QED) is 0.420. The van der Waals surface area contributed by atoms with Gasteiger partial charge in [-0.05, 0) is 65.3 Å². The third kappa shape index (κ3) is 3.81. The molecule has 1 aliphatic carbocycles. The molecule has 1 N–H and O–H groups in total. The SMILES string of the molecule is C=CC(=O)N1CC2(C1)CN(c1snc3c(F)c(-c4cc(O)cc5c4C=CCC5)c(Cl)cc13)C2.CC. The van der Waals surface area contributed by atoms with Crippen LogP contribution >= 0.6 is 23.1 Å². The first kappa shape index (κ1) is 23.8. The Labute approximate surface area is 213 Å². The summed E-state index contributed by atoms with van der Waals surface area (Å²) in [6.07, 6.45) is 7.05. The number of halogens is 2. The van der Waals surface area contributed by atoms with E-state index in [0.29, 0.717) is 21.5 Å². The molecule has 5 nitrogen and oxygen atoms in total. The van der Waals surface area contributed by atoms with Gasteiger partial charge in [0.25, 0.3) is 0 Å². The van der Waals surface area contributed by atoms with E-state index < -0.39 is 5.82 Å². The molecule has 182 valence electrons. The molecule has 2 fully saturated rings. The second kappa shape index (κ2) is 8.95. The van der Waals surface area contributed by atoms with Crippen molar-refractivity contribution in [1.82, 2.24) is 9.27 Å². The van der Waals surface area contributed by atoms with Crippen molar-refractivity contribution in [3.8, 4) is 16.9 Å². The molecule has 3 aromatic rings. The first-order valence-corrected chi connectivity index (χ1v) is 13.0. The fraction of sp³-hybridized carbons (Fsp3) is 0.333. The number of hydrogen-bond acceptors (Lipinski definition) is 5. The highest BCUT2D eigenvalue weighted by molar-refractivity contribution is 7.11. The number of hydrogen-bond donors (Lipinski definition) is 1. The highest BCUT2D eigenvalue weighted by Crippen LogP contribution is 2.48. The maximum atomic E-state index is 15.8. The number of likely N-dealkylation sites (tertiary alicyclic amines) is 1. The van der Waals surface area contributed by atoms with Gasteiger partial charge in [-0.2, -0.15) is 4.37 Å². The van der Waals surface area contributed by atoms with Gasteiger partial charge in [-0.3, -0.25) is 4.79 Å². The van der Waals surface area contributed by atoms with Gasteiger partial charge in [-0.25, -0.2) is 4.39 Å². The Morgan fingerprint density at radius 3 is 2.71 bits per heavy atom. The molecule has 1 spiro atoms. The summed E-state index contributed by atoms with van der Waals surface area (Å²) in [5.74, 6) is -0.398. The Morgan fingerprint density at radius 1 is 1.26 bits per heavy atom. The smallest absolute Gasteiger partial charge is 0.245 e. The molecule has 0 radical (unpaired) electrons. The number of phenols is 1. The number of aromatic hydroxyl groups is 1. The number of carbonyl (C=O) groups is 1. The summed E-state index contributed by atoms with van der Waals surface area (Å²) in [7, 11) is 0. The number of aromatic nitrogens is 1. The standard InChI is InChI=1S/C25H21ClFN3O2S.C2H6/c1-2-20(32)29-10-25(11-29)12-30(13-25)24-18-9-19(26)21(22(27)23(18)28-33-24)17-8-15(31)7-14-5-3-4-6-16(14)17;1-2/h2,4,6-9,31H,1,3,5,10-13H2;1-2H3. The molecular weight excluding hydrogens is 485 g/mol. The van der Waals surface area contributed by atoms with Crippen LogP contribution in [0.2, 0.25) is 5.02 Å². The van der Waals surface area contributed by atoms with Crippen LogP contribution in [-0.2, 0) is 11.2 Å². The van der Waals surface area contributed by atoms with Crippen LogP contribution in [0.3, 0.4) is 0 Å². The molecule has 1 amide bonds. The van der Waals surface area contributed by atoms with Crippen molar-refractivity contribution < 1.29 is 14.3 Å². The fourth-order valence-electron chi connectivity index (χ4n) is 5.38. The zero-order chi connectivity index (χ0) is 24.9. The molecule has 1 aromatic heterocycles. The summed E-state index contributed by atoms with van der Waals surface area (Å²) >= 11 is 7.93. The highest BCUT2D eigenvalue weighted by atomic mass is 35.5. The van der Waals surface area contributed by atoms with E-state index in [0.717, 1.165) is 55.1 Å². The van der Waals surface area contributed by atoms with E-state index in [-0.39, 0.29) is 22.6 Å². The largest absolute Gasteiger partial charge is 0.508 e. The normalized spacial score (nSPS) is 17.4. The summed E-state index contributed by atoms with van der Waals surface area (Å²) in [4.78, 5) is 15.7. The van der Waals surface area contributed by atoms with Gasteiger partial charge in [0.05, 0.1) is 5.02 Å². The molecule has 2 aromatic carbocycles. The lowest BCUT2D eigenvalue weighted by Gasteiger charge is -2.60. The Hall–Kier alpha value is -2.90. The van der Waals surface area contributed by atoms with Crippen LogP contribution in [0.1, 0.15) is 31.4 Å². The zero-order valence-electron chi connectivity index (χ0n) is 19.8. The van der Waals surface area contributed by atoms with Crippen molar-refractivity contribution in [2.75, 3.05) is 31.1 Å². The van der Waals surface area contributed by atoms with E-state index in [4.69, 9.17) is 11.6 Å².